The van der Waals surface area contributed by atoms with Crippen molar-refractivity contribution in [1.82, 2.24) is 0 Å². The molecule has 0 rings (SSSR count). The molecular weight excluding hydrogens is 190 g/mol. The molecule has 0 aliphatic rings. The fourth-order valence-electron chi connectivity index (χ4n) is 0.562. The Morgan fingerprint density at radius 1 is 0.917 bits per heavy atom. The van der Waals surface area contributed by atoms with Crippen molar-refractivity contribution in [3.05, 3.63) is 0 Å². The molecule has 0 N–H and O–H groups in total. The molecule has 0 aliphatic heterocycles. The fourth-order valence-corrected chi connectivity index (χ4v) is 0.562. The minimum Gasteiger partial charge on any atom is -0.209 e. The standard InChI is InChI=1S/C5H5F6O/c1-2-3(12,4(6,7)8)5(9,10)11/h2H2,1H3. The van der Waals surface area contributed by atoms with Gasteiger partial charge in [0.15, 0.2) is 0 Å². The summed E-state index contributed by atoms with van der Waals surface area (Å²) in [6.07, 6.45) is -13.1. The largest absolute Gasteiger partial charge is 0.429 e. The highest BCUT2D eigenvalue weighted by Gasteiger charge is 2.70. The quantitative estimate of drug-likeness (QED) is 0.573. The Hall–Kier alpha value is -0.460. The highest BCUT2D eigenvalue weighted by Crippen LogP contribution is 2.45. The summed E-state index contributed by atoms with van der Waals surface area (Å²) >= 11 is 0. The zero-order valence-corrected chi connectivity index (χ0v) is 5.88. The maximum atomic E-state index is 11.6. The van der Waals surface area contributed by atoms with Gasteiger partial charge >= 0.3 is 12.4 Å². The topological polar surface area (TPSA) is 19.9 Å². The van der Waals surface area contributed by atoms with Crippen LogP contribution in [0.1, 0.15) is 13.3 Å². The van der Waals surface area contributed by atoms with Gasteiger partial charge in [0.2, 0.25) is 0 Å². The van der Waals surface area contributed by atoms with Crippen molar-refractivity contribution >= 4 is 0 Å². The number of rotatable bonds is 1. The lowest BCUT2D eigenvalue weighted by Crippen LogP contribution is -2.55. The van der Waals surface area contributed by atoms with Gasteiger partial charge in [-0.1, -0.05) is 6.92 Å². The number of hydrogen-bond acceptors (Lipinski definition) is 0. The average Bonchev–Trinajstić information content (AvgIpc) is 1.81. The van der Waals surface area contributed by atoms with Crippen molar-refractivity contribution in [2.45, 2.75) is 31.3 Å². The summed E-state index contributed by atoms with van der Waals surface area (Å²) in [5.41, 5.74) is -4.83. The first kappa shape index (κ1) is 11.5. The lowest BCUT2D eigenvalue weighted by molar-refractivity contribution is -0.386. The molecule has 0 aromatic carbocycles. The van der Waals surface area contributed by atoms with Crippen LogP contribution in [0.25, 0.3) is 0 Å². The molecule has 0 spiro atoms. The van der Waals surface area contributed by atoms with Gasteiger partial charge in [0, 0.05) is 0 Å². The van der Waals surface area contributed by atoms with Crippen molar-refractivity contribution in [3.63, 3.8) is 0 Å². The molecule has 0 saturated heterocycles. The summed E-state index contributed by atoms with van der Waals surface area (Å²) < 4.78 is 69.4. The van der Waals surface area contributed by atoms with E-state index in [0.717, 1.165) is 0 Å². The minimum absolute atomic E-state index is 0.550. The highest BCUT2D eigenvalue weighted by molar-refractivity contribution is 4.91. The molecule has 7 heteroatoms. The van der Waals surface area contributed by atoms with Crippen LogP contribution in [-0.2, 0) is 5.11 Å². The van der Waals surface area contributed by atoms with Crippen LogP contribution in [0.4, 0.5) is 26.3 Å². The molecule has 73 valence electrons. The second-order valence-electron chi connectivity index (χ2n) is 2.18. The molecule has 1 radical (unpaired) electrons. The van der Waals surface area contributed by atoms with Gasteiger partial charge in [-0.2, -0.15) is 26.3 Å². The van der Waals surface area contributed by atoms with Crippen LogP contribution in [-0.4, -0.2) is 18.0 Å². The van der Waals surface area contributed by atoms with Crippen LogP contribution < -0.4 is 0 Å². The van der Waals surface area contributed by atoms with Crippen LogP contribution in [0.15, 0.2) is 0 Å². The molecule has 0 saturated carbocycles. The van der Waals surface area contributed by atoms with E-state index >= 15 is 0 Å². The lowest BCUT2D eigenvalue weighted by Gasteiger charge is -2.28. The SMILES string of the molecule is CCC([O])(C(F)(F)F)C(F)(F)F. The zero-order chi connectivity index (χ0) is 10.2. The van der Waals surface area contributed by atoms with Gasteiger partial charge in [-0.3, -0.25) is 0 Å². The van der Waals surface area contributed by atoms with Crippen LogP contribution in [0, 0.1) is 0 Å². The molecule has 0 amide bonds. The predicted molar refractivity (Wildman–Crippen MR) is 25.8 cm³/mol. The van der Waals surface area contributed by atoms with E-state index in [-0.39, 0.29) is 0 Å². The Bertz CT molecular complexity index is 142. The maximum Gasteiger partial charge on any atom is 0.429 e. The number of alkyl halides is 6. The molecule has 0 fully saturated rings. The van der Waals surface area contributed by atoms with E-state index in [1.807, 2.05) is 0 Å². The fraction of sp³-hybridized carbons (Fsp3) is 1.00. The van der Waals surface area contributed by atoms with Gasteiger partial charge in [-0.15, -0.1) is 0 Å². The molecule has 0 aromatic rings. The van der Waals surface area contributed by atoms with Crippen molar-refractivity contribution < 1.29 is 31.4 Å². The van der Waals surface area contributed by atoms with E-state index in [4.69, 9.17) is 0 Å². The van der Waals surface area contributed by atoms with Crippen LogP contribution in [0.3, 0.4) is 0 Å². The van der Waals surface area contributed by atoms with E-state index in [9.17, 15) is 31.4 Å². The number of halogens is 6. The third-order valence-electron chi connectivity index (χ3n) is 1.41. The summed E-state index contributed by atoms with van der Waals surface area (Å²) in [5, 5.41) is 10.3. The third-order valence-corrected chi connectivity index (χ3v) is 1.41. The van der Waals surface area contributed by atoms with E-state index < -0.39 is 24.4 Å². The third kappa shape index (κ3) is 1.65. The van der Waals surface area contributed by atoms with Gasteiger partial charge in [0.25, 0.3) is 5.60 Å². The summed E-state index contributed by atoms with van der Waals surface area (Å²) in [4.78, 5) is 0. The lowest BCUT2D eigenvalue weighted by atomic mass is 10.00. The van der Waals surface area contributed by atoms with Crippen LogP contribution >= 0.6 is 0 Å². The van der Waals surface area contributed by atoms with Crippen molar-refractivity contribution in [1.29, 1.82) is 0 Å². The van der Waals surface area contributed by atoms with Crippen molar-refractivity contribution in [3.8, 4) is 0 Å². The van der Waals surface area contributed by atoms with Gasteiger partial charge < -0.3 is 0 Å². The van der Waals surface area contributed by atoms with Gasteiger partial charge in [-0.05, 0) is 6.42 Å². The number of hydrogen-bond donors (Lipinski definition) is 0. The molecule has 0 aromatic heterocycles. The summed E-state index contributed by atoms with van der Waals surface area (Å²) in [6.45, 7) is 0.550. The normalized spacial score (nSPS) is 15.0. The van der Waals surface area contributed by atoms with Gasteiger partial charge in [0.05, 0.1) is 0 Å². The molecule has 12 heavy (non-hydrogen) atoms. The Balaban J connectivity index is 4.95. The molecule has 0 atom stereocenters. The Labute approximate surface area is 64.0 Å². The molecule has 0 heterocycles. The molecule has 1 nitrogen and oxygen atoms in total. The zero-order valence-electron chi connectivity index (χ0n) is 5.88. The summed E-state index contributed by atoms with van der Waals surface area (Å²) in [6, 6.07) is 0. The van der Waals surface area contributed by atoms with Crippen molar-refractivity contribution in [2.75, 3.05) is 0 Å². The molecular formula is C5H5F6O. The van der Waals surface area contributed by atoms with Crippen LogP contribution in [0.5, 0.6) is 0 Å². The Morgan fingerprint density at radius 3 is 1.17 bits per heavy atom. The first-order valence-electron chi connectivity index (χ1n) is 2.90. The Kier molecular flexibility index (Phi) is 2.68. The Morgan fingerprint density at radius 2 is 1.17 bits per heavy atom. The van der Waals surface area contributed by atoms with E-state index in [1.54, 1.807) is 0 Å². The van der Waals surface area contributed by atoms with Gasteiger partial charge in [-0.25, -0.2) is 5.11 Å². The second-order valence-corrected chi connectivity index (χ2v) is 2.18. The first-order valence-corrected chi connectivity index (χ1v) is 2.90. The van der Waals surface area contributed by atoms with Gasteiger partial charge in [0.1, 0.15) is 0 Å². The van der Waals surface area contributed by atoms with Crippen LogP contribution in [0.2, 0.25) is 0 Å². The maximum absolute atomic E-state index is 11.6. The molecule has 0 unspecified atom stereocenters. The smallest absolute Gasteiger partial charge is 0.209 e. The second kappa shape index (κ2) is 2.79. The van der Waals surface area contributed by atoms with Crippen molar-refractivity contribution in [2.24, 2.45) is 0 Å². The summed E-state index contributed by atoms with van der Waals surface area (Å²) in [7, 11) is 0. The highest BCUT2D eigenvalue weighted by atomic mass is 19.4. The summed E-state index contributed by atoms with van der Waals surface area (Å²) in [5.74, 6) is 0. The first-order chi connectivity index (χ1) is 5.06. The van der Waals surface area contributed by atoms with E-state index in [1.165, 1.54) is 0 Å². The van der Waals surface area contributed by atoms with E-state index in [2.05, 4.69) is 0 Å². The predicted octanol–water partition coefficient (Wildman–Crippen LogP) is 2.69. The average molecular weight is 195 g/mol. The minimum atomic E-state index is -5.79. The monoisotopic (exact) mass is 195 g/mol. The van der Waals surface area contributed by atoms with E-state index in [0.29, 0.717) is 6.92 Å². The molecule has 0 aliphatic carbocycles. The molecule has 0 bridgehead atoms.